The molecular weight excluding hydrogens is 373 g/mol. The molecular formula is C19H16FNO5S. The first kappa shape index (κ1) is 18.8. The molecule has 27 heavy (non-hydrogen) atoms. The molecule has 0 radical (unpaired) electrons. The first-order valence-corrected chi connectivity index (χ1v) is 9.82. The molecule has 0 saturated carbocycles. The van der Waals surface area contributed by atoms with Crippen LogP contribution < -0.4 is 4.74 Å². The van der Waals surface area contributed by atoms with Crippen LogP contribution >= 0.6 is 0 Å². The fourth-order valence-corrected chi connectivity index (χ4v) is 3.28. The van der Waals surface area contributed by atoms with Crippen LogP contribution in [0.5, 0.6) is 11.6 Å². The zero-order valence-electron chi connectivity index (χ0n) is 14.6. The fraction of sp³-hybridized carbons (Fsp3) is 0.158. The first-order valence-electron chi connectivity index (χ1n) is 7.92. The molecule has 140 valence electrons. The second-order valence-electron chi connectivity index (χ2n) is 6.13. The number of fused-ring (bicyclic) bond motifs is 1. The van der Waals surface area contributed by atoms with Crippen molar-refractivity contribution in [3.8, 4) is 11.6 Å². The lowest BCUT2D eigenvalue weighted by molar-refractivity contribution is -0.136. The fourth-order valence-electron chi connectivity index (χ4n) is 2.72. The third-order valence-corrected chi connectivity index (χ3v) is 5.20. The van der Waals surface area contributed by atoms with Gasteiger partial charge in [-0.15, -0.1) is 0 Å². The minimum atomic E-state index is -3.39. The second-order valence-corrected chi connectivity index (χ2v) is 8.15. The van der Waals surface area contributed by atoms with Crippen LogP contribution in [0.3, 0.4) is 0 Å². The number of carbonyl (C=O) groups is 1. The Balaban J connectivity index is 2.12. The number of aliphatic carboxylic acids is 1. The summed E-state index contributed by atoms with van der Waals surface area (Å²) >= 11 is 0. The van der Waals surface area contributed by atoms with E-state index in [9.17, 15) is 17.6 Å². The van der Waals surface area contributed by atoms with Crippen molar-refractivity contribution in [2.24, 2.45) is 0 Å². The summed E-state index contributed by atoms with van der Waals surface area (Å²) in [5, 5.41) is 10.2. The van der Waals surface area contributed by atoms with Crippen molar-refractivity contribution in [3.05, 3.63) is 59.5 Å². The van der Waals surface area contributed by atoms with Gasteiger partial charge in [0.25, 0.3) is 0 Å². The van der Waals surface area contributed by atoms with Crippen molar-refractivity contribution in [2.45, 2.75) is 18.2 Å². The number of hydrogen-bond acceptors (Lipinski definition) is 5. The van der Waals surface area contributed by atoms with Gasteiger partial charge in [-0.25, -0.2) is 17.8 Å². The van der Waals surface area contributed by atoms with E-state index in [0.717, 1.165) is 6.26 Å². The van der Waals surface area contributed by atoms with E-state index in [-0.39, 0.29) is 22.9 Å². The van der Waals surface area contributed by atoms with E-state index in [1.165, 1.54) is 30.5 Å². The predicted octanol–water partition coefficient (Wildman–Crippen LogP) is 3.51. The molecule has 0 spiro atoms. The third kappa shape index (κ3) is 4.06. The molecule has 0 aliphatic carbocycles. The van der Waals surface area contributed by atoms with E-state index in [2.05, 4.69) is 4.98 Å². The molecule has 1 aromatic heterocycles. The van der Waals surface area contributed by atoms with E-state index >= 15 is 0 Å². The summed E-state index contributed by atoms with van der Waals surface area (Å²) < 4.78 is 42.6. The Bertz CT molecular complexity index is 1140. The molecule has 3 aromatic rings. The van der Waals surface area contributed by atoms with Gasteiger partial charge in [0, 0.05) is 23.9 Å². The Kier molecular flexibility index (Phi) is 4.84. The molecule has 1 heterocycles. The van der Waals surface area contributed by atoms with Crippen LogP contribution in [0.4, 0.5) is 4.39 Å². The Labute approximate surface area is 155 Å². The Hall–Kier alpha value is -3.00. The van der Waals surface area contributed by atoms with Crippen molar-refractivity contribution in [1.29, 1.82) is 0 Å². The molecule has 6 nitrogen and oxygen atoms in total. The van der Waals surface area contributed by atoms with Crippen LogP contribution in [-0.2, 0) is 21.1 Å². The highest BCUT2D eigenvalue weighted by atomic mass is 32.2. The average molecular weight is 389 g/mol. The van der Waals surface area contributed by atoms with Crippen LogP contribution in [0.25, 0.3) is 10.8 Å². The maximum Gasteiger partial charge on any atom is 0.307 e. The number of benzene rings is 2. The number of ether oxygens (including phenoxy) is 1. The second kappa shape index (κ2) is 6.96. The van der Waals surface area contributed by atoms with Crippen molar-refractivity contribution >= 4 is 26.6 Å². The summed E-state index contributed by atoms with van der Waals surface area (Å²) in [7, 11) is -3.39. The van der Waals surface area contributed by atoms with Gasteiger partial charge in [0.15, 0.2) is 9.84 Å². The number of carboxylic acids is 1. The smallest absolute Gasteiger partial charge is 0.307 e. The van der Waals surface area contributed by atoms with Gasteiger partial charge in [-0.05, 0) is 41.6 Å². The molecule has 8 heteroatoms. The molecule has 0 saturated heterocycles. The summed E-state index contributed by atoms with van der Waals surface area (Å²) in [6, 6.07) is 8.56. The monoisotopic (exact) mass is 389 g/mol. The molecule has 0 aliphatic rings. The lowest BCUT2D eigenvalue weighted by atomic mass is 9.98. The molecule has 0 unspecified atom stereocenters. The summed E-state index contributed by atoms with van der Waals surface area (Å²) in [5.41, 5.74) is 1.08. The Morgan fingerprint density at radius 2 is 1.96 bits per heavy atom. The highest BCUT2D eigenvalue weighted by Gasteiger charge is 2.16. The van der Waals surface area contributed by atoms with Crippen LogP contribution in [0, 0.1) is 12.7 Å². The third-order valence-electron chi connectivity index (χ3n) is 4.10. The van der Waals surface area contributed by atoms with E-state index < -0.39 is 21.6 Å². The number of halogens is 1. The van der Waals surface area contributed by atoms with Gasteiger partial charge in [-0.1, -0.05) is 12.1 Å². The lowest BCUT2D eigenvalue weighted by Crippen LogP contribution is -2.04. The highest BCUT2D eigenvalue weighted by molar-refractivity contribution is 7.90. The number of hydrogen-bond donors (Lipinski definition) is 1. The maximum absolute atomic E-state index is 13.7. The number of pyridine rings is 1. The molecule has 0 atom stereocenters. The van der Waals surface area contributed by atoms with Gasteiger partial charge >= 0.3 is 5.97 Å². The first-order chi connectivity index (χ1) is 12.6. The molecule has 2 aromatic carbocycles. The number of aromatic nitrogens is 1. The number of sulfone groups is 1. The summed E-state index contributed by atoms with van der Waals surface area (Å²) in [6.07, 6.45) is 2.03. The summed E-state index contributed by atoms with van der Waals surface area (Å²) in [4.78, 5) is 15.2. The van der Waals surface area contributed by atoms with Crippen molar-refractivity contribution in [2.75, 3.05) is 6.26 Å². The topological polar surface area (TPSA) is 93.6 Å². The number of rotatable bonds is 5. The predicted molar refractivity (Wildman–Crippen MR) is 97.4 cm³/mol. The van der Waals surface area contributed by atoms with Crippen LogP contribution in [0.15, 0.2) is 47.5 Å². The Morgan fingerprint density at radius 1 is 1.22 bits per heavy atom. The van der Waals surface area contributed by atoms with Gasteiger partial charge in [0.2, 0.25) is 5.88 Å². The molecule has 0 fully saturated rings. The van der Waals surface area contributed by atoms with E-state index in [1.54, 1.807) is 19.1 Å². The number of nitrogens with zero attached hydrogens (tertiary/aromatic N) is 1. The van der Waals surface area contributed by atoms with Gasteiger partial charge < -0.3 is 9.84 Å². The summed E-state index contributed by atoms with van der Waals surface area (Å²) in [6.45, 7) is 1.68. The molecule has 0 aliphatic heterocycles. The molecule has 0 bridgehead atoms. The van der Waals surface area contributed by atoms with Gasteiger partial charge in [0.1, 0.15) is 11.6 Å². The molecule has 3 rings (SSSR count). The minimum Gasteiger partial charge on any atom is -0.481 e. The van der Waals surface area contributed by atoms with E-state index in [1.807, 2.05) is 0 Å². The largest absolute Gasteiger partial charge is 0.481 e. The summed E-state index contributed by atoms with van der Waals surface area (Å²) in [5.74, 6) is -1.06. The highest BCUT2D eigenvalue weighted by Crippen LogP contribution is 2.36. The molecule has 0 amide bonds. The van der Waals surface area contributed by atoms with Crippen LogP contribution in [-0.4, -0.2) is 30.7 Å². The SMILES string of the molecule is Cc1c(CC(=O)O)cc2ccc(F)cc2c1Oc1ccc(S(C)(=O)=O)cn1. The van der Waals surface area contributed by atoms with E-state index in [0.29, 0.717) is 21.9 Å². The number of carboxylic acid groups (broad SMARTS) is 1. The molecule has 1 N–H and O–H groups in total. The van der Waals surface area contributed by atoms with Gasteiger partial charge in [-0.3, -0.25) is 4.79 Å². The normalized spacial score (nSPS) is 11.5. The average Bonchev–Trinajstić information content (AvgIpc) is 2.58. The minimum absolute atomic E-state index is 0.0436. The van der Waals surface area contributed by atoms with Gasteiger partial charge in [0.05, 0.1) is 11.3 Å². The van der Waals surface area contributed by atoms with Crippen molar-refractivity contribution in [3.63, 3.8) is 0 Å². The standard InChI is InChI=1S/C19H16FNO5S/c1-11-13(8-18(22)23)7-12-3-4-14(20)9-16(12)19(11)26-17-6-5-15(10-21-17)27(2,24)25/h3-7,9-10H,8H2,1-2H3,(H,22,23). The maximum atomic E-state index is 13.7. The Morgan fingerprint density at radius 3 is 2.56 bits per heavy atom. The van der Waals surface area contributed by atoms with Crippen LogP contribution in [0.2, 0.25) is 0 Å². The zero-order valence-corrected chi connectivity index (χ0v) is 15.4. The van der Waals surface area contributed by atoms with Gasteiger partial charge in [-0.2, -0.15) is 0 Å². The van der Waals surface area contributed by atoms with Crippen molar-refractivity contribution < 1.29 is 27.4 Å². The van der Waals surface area contributed by atoms with E-state index in [4.69, 9.17) is 9.84 Å². The zero-order chi connectivity index (χ0) is 19.8. The quantitative estimate of drug-likeness (QED) is 0.718. The van der Waals surface area contributed by atoms with Crippen LogP contribution in [0.1, 0.15) is 11.1 Å². The van der Waals surface area contributed by atoms with Crippen molar-refractivity contribution in [1.82, 2.24) is 4.98 Å². The lowest BCUT2D eigenvalue weighted by Gasteiger charge is -2.15.